The van der Waals surface area contributed by atoms with Crippen molar-refractivity contribution < 1.29 is 8.78 Å². The number of rotatable bonds is 4. The van der Waals surface area contributed by atoms with Gasteiger partial charge in [0, 0.05) is 12.1 Å². The van der Waals surface area contributed by atoms with Crippen molar-refractivity contribution in [2.45, 2.75) is 31.7 Å². The molecular formula is C12H15F2N. The number of hydrogen-bond acceptors (Lipinski definition) is 1. The Morgan fingerprint density at radius 3 is 2.67 bits per heavy atom. The molecule has 15 heavy (non-hydrogen) atoms. The minimum Gasteiger partial charge on any atom is -0.314 e. The Kier molecular flexibility index (Phi) is 3.31. The van der Waals surface area contributed by atoms with Crippen LogP contribution in [0.1, 0.15) is 24.8 Å². The molecule has 1 aliphatic rings. The molecule has 0 spiro atoms. The zero-order valence-corrected chi connectivity index (χ0v) is 8.60. The van der Waals surface area contributed by atoms with Crippen molar-refractivity contribution in [1.29, 1.82) is 0 Å². The van der Waals surface area contributed by atoms with Gasteiger partial charge in [-0.3, -0.25) is 0 Å². The summed E-state index contributed by atoms with van der Waals surface area (Å²) in [5.74, 6) is -0.950. The molecule has 0 amide bonds. The minimum atomic E-state index is -0.511. The van der Waals surface area contributed by atoms with Gasteiger partial charge in [-0.05, 0) is 37.4 Å². The van der Waals surface area contributed by atoms with Crippen LogP contribution in [0.15, 0.2) is 18.2 Å². The average molecular weight is 211 g/mol. The third kappa shape index (κ3) is 2.75. The van der Waals surface area contributed by atoms with E-state index in [4.69, 9.17) is 0 Å². The molecule has 0 aliphatic heterocycles. The molecular weight excluding hydrogens is 196 g/mol. The van der Waals surface area contributed by atoms with E-state index in [-0.39, 0.29) is 0 Å². The SMILES string of the molecule is Fc1ccc(CCNC2CCC2)c(F)c1. The van der Waals surface area contributed by atoms with E-state index >= 15 is 0 Å². The van der Waals surface area contributed by atoms with Crippen molar-refractivity contribution in [1.82, 2.24) is 5.32 Å². The lowest BCUT2D eigenvalue weighted by atomic mass is 9.93. The molecule has 1 saturated carbocycles. The summed E-state index contributed by atoms with van der Waals surface area (Å²) < 4.78 is 25.8. The first-order chi connectivity index (χ1) is 7.25. The van der Waals surface area contributed by atoms with Crippen LogP contribution in [0.25, 0.3) is 0 Å². The van der Waals surface area contributed by atoms with E-state index in [9.17, 15) is 8.78 Å². The lowest BCUT2D eigenvalue weighted by Gasteiger charge is -2.26. The molecule has 0 unspecified atom stereocenters. The topological polar surface area (TPSA) is 12.0 Å². The highest BCUT2D eigenvalue weighted by Crippen LogP contribution is 2.18. The van der Waals surface area contributed by atoms with E-state index in [1.54, 1.807) is 0 Å². The van der Waals surface area contributed by atoms with Crippen LogP contribution in [0.3, 0.4) is 0 Å². The molecule has 82 valence electrons. The van der Waals surface area contributed by atoms with Gasteiger partial charge in [-0.2, -0.15) is 0 Å². The first kappa shape index (κ1) is 10.6. The zero-order valence-electron chi connectivity index (χ0n) is 8.60. The van der Waals surface area contributed by atoms with Crippen LogP contribution in [0, 0.1) is 11.6 Å². The molecule has 0 saturated heterocycles. The second-order valence-corrected chi connectivity index (χ2v) is 4.07. The fourth-order valence-electron chi connectivity index (χ4n) is 1.75. The second kappa shape index (κ2) is 4.71. The van der Waals surface area contributed by atoms with Gasteiger partial charge < -0.3 is 5.32 Å². The minimum absolute atomic E-state index is 0.439. The van der Waals surface area contributed by atoms with Crippen LogP contribution >= 0.6 is 0 Å². The van der Waals surface area contributed by atoms with E-state index in [2.05, 4.69) is 5.32 Å². The molecule has 1 nitrogen and oxygen atoms in total. The Morgan fingerprint density at radius 2 is 2.07 bits per heavy atom. The third-order valence-corrected chi connectivity index (χ3v) is 2.95. The summed E-state index contributed by atoms with van der Waals surface area (Å²) in [6.45, 7) is 0.771. The molecule has 0 atom stereocenters. The van der Waals surface area contributed by atoms with Gasteiger partial charge in [0.1, 0.15) is 11.6 Å². The molecule has 0 radical (unpaired) electrons. The average Bonchev–Trinajstić information content (AvgIpc) is 2.12. The maximum absolute atomic E-state index is 13.2. The van der Waals surface area contributed by atoms with Gasteiger partial charge in [0.2, 0.25) is 0 Å². The van der Waals surface area contributed by atoms with Crippen molar-refractivity contribution in [3.8, 4) is 0 Å². The summed E-state index contributed by atoms with van der Waals surface area (Å²) in [4.78, 5) is 0. The number of benzene rings is 1. The van der Waals surface area contributed by atoms with Gasteiger partial charge >= 0.3 is 0 Å². The largest absolute Gasteiger partial charge is 0.314 e. The van der Waals surface area contributed by atoms with Crippen LogP contribution in [0.2, 0.25) is 0 Å². The highest BCUT2D eigenvalue weighted by atomic mass is 19.1. The van der Waals surface area contributed by atoms with E-state index in [1.165, 1.54) is 31.4 Å². The molecule has 0 aromatic heterocycles. The van der Waals surface area contributed by atoms with Gasteiger partial charge in [0.15, 0.2) is 0 Å². The van der Waals surface area contributed by atoms with Gasteiger partial charge in [-0.1, -0.05) is 12.5 Å². The molecule has 0 bridgehead atoms. The van der Waals surface area contributed by atoms with Crippen LogP contribution in [-0.2, 0) is 6.42 Å². The van der Waals surface area contributed by atoms with Crippen LogP contribution in [0.5, 0.6) is 0 Å². The quantitative estimate of drug-likeness (QED) is 0.807. The monoisotopic (exact) mass is 211 g/mol. The van der Waals surface area contributed by atoms with Gasteiger partial charge in [-0.15, -0.1) is 0 Å². The Balaban J connectivity index is 1.81. The molecule has 1 aromatic rings. The Hall–Kier alpha value is -0.960. The van der Waals surface area contributed by atoms with Crippen molar-refractivity contribution >= 4 is 0 Å². The van der Waals surface area contributed by atoms with Crippen LogP contribution in [0.4, 0.5) is 8.78 Å². The molecule has 1 aliphatic carbocycles. The Bertz CT molecular complexity index is 334. The predicted molar refractivity (Wildman–Crippen MR) is 55.7 cm³/mol. The molecule has 1 aromatic carbocycles. The van der Waals surface area contributed by atoms with Gasteiger partial charge in [-0.25, -0.2) is 8.78 Å². The highest BCUT2D eigenvalue weighted by Gasteiger charge is 2.15. The van der Waals surface area contributed by atoms with E-state index in [0.29, 0.717) is 18.0 Å². The van der Waals surface area contributed by atoms with Crippen LogP contribution in [-0.4, -0.2) is 12.6 Å². The third-order valence-electron chi connectivity index (χ3n) is 2.95. The highest BCUT2D eigenvalue weighted by molar-refractivity contribution is 5.18. The van der Waals surface area contributed by atoms with E-state index < -0.39 is 11.6 Å². The fourth-order valence-corrected chi connectivity index (χ4v) is 1.75. The van der Waals surface area contributed by atoms with E-state index in [0.717, 1.165) is 12.6 Å². The Labute approximate surface area is 88.5 Å². The summed E-state index contributed by atoms with van der Waals surface area (Å²) in [5.41, 5.74) is 0.586. The first-order valence-corrected chi connectivity index (χ1v) is 5.43. The Morgan fingerprint density at radius 1 is 1.27 bits per heavy atom. The molecule has 1 N–H and O–H groups in total. The van der Waals surface area contributed by atoms with Crippen molar-refractivity contribution in [2.24, 2.45) is 0 Å². The smallest absolute Gasteiger partial charge is 0.129 e. The van der Waals surface area contributed by atoms with Crippen molar-refractivity contribution in [3.63, 3.8) is 0 Å². The maximum Gasteiger partial charge on any atom is 0.129 e. The van der Waals surface area contributed by atoms with Crippen molar-refractivity contribution in [3.05, 3.63) is 35.4 Å². The van der Waals surface area contributed by atoms with E-state index in [1.807, 2.05) is 0 Å². The zero-order chi connectivity index (χ0) is 10.7. The first-order valence-electron chi connectivity index (χ1n) is 5.43. The fraction of sp³-hybridized carbons (Fsp3) is 0.500. The lowest BCUT2D eigenvalue weighted by Crippen LogP contribution is -2.36. The summed E-state index contributed by atoms with van der Waals surface area (Å²) in [6.07, 6.45) is 4.38. The lowest BCUT2D eigenvalue weighted by molar-refractivity contribution is 0.341. The number of halogens is 2. The standard InChI is InChI=1S/C12H15F2N/c13-10-5-4-9(12(14)8-10)6-7-15-11-2-1-3-11/h4-5,8,11,15H,1-3,6-7H2. The number of nitrogens with one attached hydrogen (secondary N) is 1. The molecule has 3 heteroatoms. The van der Waals surface area contributed by atoms with Gasteiger partial charge in [0.25, 0.3) is 0 Å². The van der Waals surface area contributed by atoms with Gasteiger partial charge in [0.05, 0.1) is 0 Å². The maximum atomic E-state index is 13.2. The normalized spacial score (nSPS) is 16.4. The summed E-state index contributed by atoms with van der Waals surface area (Å²) in [5, 5.41) is 3.35. The molecule has 2 rings (SSSR count). The van der Waals surface area contributed by atoms with Crippen molar-refractivity contribution in [2.75, 3.05) is 6.54 Å². The summed E-state index contributed by atoms with van der Waals surface area (Å²) in [7, 11) is 0. The van der Waals surface area contributed by atoms with Crippen LogP contribution < -0.4 is 5.32 Å². The predicted octanol–water partition coefficient (Wildman–Crippen LogP) is 2.65. The summed E-state index contributed by atoms with van der Waals surface area (Å²) in [6, 6.07) is 4.39. The summed E-state index contributed by atoms with van der Waals surface area (Å²) >= 11 is 0. The molecule has 0 heterocycles. The second-order valence-electron chi connectivity index (χ2n) is 4.07. The molecule has 1 fully saturated rings. The number of hydrogen-bond donors (Lipinski definition) is 1.